The van der Waals surface area contributed by atoms with Gasteiger partial charge in [0.15, 0.2) is 0 Å². The maximum atomic E-state index is 11.1. The van der Waals surface area contributed by atoms with E-state index < -0.39 is 5.60 Å². The predicted molar refractivity (Wildman–Crippen MR) is 87.2 cm³/mol. The molecule has 2 saturated heterocycles. The molecule has 2 unspecified atom stereocenters. The molecule has 3 heteroatoms. The summed E-state index contributed by atoms with van der Waals surface area (Å²) < 4.78 is 0. The van der Waals surface area contributed by atoms with Crippen molar-refractivity contribution in [3.05, 3.63) is 54.2 Å². The van der Waals surface area contributed by atoms with Crippen LogP contribution in [0.2, 0.25) is 0 Å². The molecule has 2 aromatic rings. The van der Waals surface area contributed by atoms with Gasteiger partial charge in [-0.2, -0.15) is 11.8 Å². The maximum Gasteiger partial charge on any atom is 0.0917 e. The third kappa shape index (κ3) is 2.49. The number of rotatable bonds is 2. The van der Waals surface area contributed by atoms with Crippen molar-refractivity contribution >= 4 is 11.8 Å². The van der Waals surface area contributed by atoms with Crippen LogP contribution >= 0.6 is 11.8 Å². The van der Waals surface area contributed by atoms with Gasteiger partial charge in [0.2, 0.25) is 0 Å². The van der Waals surface area contributed by atoms with Crippen molar-refractivity contribution in [2.24, 2.45) is 0 Å². The van der Waals surface area contributed by atoms with E-state index in [0.717, 1.165) is 29.7 Å². The Labute approximate surface area is 129 Å². The van der Waals surface area contributed by atoms with Crippen molar-refractivity contribution in [1.29, 1.82) is 0 Å². The molecule has 4 rings (SSSR count). The minimum absolute atomic E-state index is 0.625. The molecule has 3 heterocycles. The van der Waals surface area contributed by atoms with Crippen molar-refractivity contribution in [2.45, 2.75) is 41.8 Å². The molecule has 0 spiro atoms. The summed E-state index contributed by atoms with van der Waals surface area (Å²) in [6.45, 7) is 0. The Balaban J connectivity index is 1.62. The Morgan fingerprint density at radius 1 is 1.00 bits per heavy atom. The number of benzene rings is 1. The molecular weight excluding hydrogens is 278 g/mol. The Bertz CT molecular complexity index is 613. The first-order chi connectivity index (χ1) is 10.2. The molecule has 0 saturated carbocycles. The molecular formula is C18H19NOS. The van der Waals surface area contributed by atoms with Gasteiger partial charge in [0, 0.05) is 22.3 Å². The van der Waals surface area contributed by atoms with E-state index in [2.05, 4.69) is 41.0 Å². The lowest BCUT2D eigenvalue weighted by Crippen LogP contribution is -2.34. The Hall–Kier alpha value is -1.32. The summed E-state index contributed by atoms with van der Waals surface area (Å²) in [7, 11) is 0. The highest BCUT2D eigenvalue weighted by atomic mass is 32.2. The van der Waals surface area contributed by atoms with Gasteiger partial charge in [0.25, 0.3) is 0 Å². The van der Waals surface area contributed by atoms with E-state index in [-0.39, 0.29) is 0 Å². The standard InChI is InChI=1S/C18H19NOS/c20-18(11-15-8-9-16(12-18)21-15)14-6-4-13(5-7-14)17-3-1-2-10-19-17/h1-7,10,15-16,20H,8-9,11-12H2. The number of nitrogens with zero attached hydrogens (tertiary/aromatic N) is 1. The number of aromatic nitrogens is 1. The van der Waals surface area contributed by atoms with Gasteiger partial charge in [-0.25, -0.2) is 0 Å². The van der Waals surface area contributed by atoms with Crippen molar-refractivity contribution in [1.82, 2.24) is 4.98 Å². The van der Waals surface area contributed by atoms with Crippen molar-refractivity contribution in [2.75, 3.05) is 0 Å². The summed E-state index contributed by atoms with van der Waals surface area (Å²) in [4.78, 5) is 4.38. The molecule has 2 aliphatic heterocycles. The summed E-state index contributed by atoms with van der Waals surface area (Å²) in [5, 5.41) is 12.3. The van der Waals surface area contributed by atoms with Crippen molar-refractivity contribution < 1.29 is 5.11 Å². The second-order valence-electron chi connectivity index (χ2n) is 6.19. The molecule has 2 fully saturated rings. The molecule has 2 aliphatic rings. The topological polar surface area (TPSA) is 33.1 Å². The average Bonchev–Trinajstić information content (AvgIpc) is 2.88. The summed E-state index contributed by atoms with van der Waals surface area (Å²) in [5.74, 6) is 0. The summed E-state index contributed by atoms with van der Waals surface area (Å²) >= 11 is 2.08. The largest absolute Gasteiger partial charge is 0.385 e. The third-order valence-corrected chi connectivity index (χ3v) is 6.28. The SMILES string of the molecule is OC1(c2ccc(-c3ccccn3)cc2)CC2CCC(C1)S2. The van der Waals surface area contributed by atoms with E-state index >= 15 is 0 Å². The van der Waals surface area contributed by atoms with E-state index in [1.165, 1.54) is 12.8 Å². The van der Waals surface area contributed by atoms with Crippen LogP contribution < -0.4 is 0 Å². The van der Waals surface area contributed by atoms with Crippen LogP contribution in [0.25, 0.3) is 11.3 Å². The fourth-order valence-corrected chi connectivity index (χ4v) is 5.47. The minimum atomic E-state index is -0.625. The van der Waals surface area contributed by atoms with Gasteiger partial charge in [-0.15, -0.1) is 0 Å². The zero-order valence-electron chi connectivity index (χ0n) is 11.9. The van der Waals surface area contributed by atoms with Crippen LogP contribution in [0, 0.1) is 0 Å². The zero-order valence-corrected chi connectivity index (χ0v) is 12.7. The van der Waals surface area contributed by atoms with Gasteiger partial charge in [-0.3, -0.25) is 4.98 Å². The van der Waals surface area contributed by atoms with Gasteiger partial charge >= 0.3 is 0 Å². The normalized spacial score (nSPS) is 31.3. The number of fused-ring (bicyclic) bond motifs is 2. The molecule has 0 radical (unpaired) electrons. The fraction of sp³-hybridized carbons (Fsp3) is 0.389. The first-order valence-electron chi connectivity index (χ1n) is 7.63. The monoisotopic (exact) mass is 297 g/mol. The number of thioether (sulfide) groups is 1. The van der Waals surface area contributed by atoms with E-state index in [1.807, 2.05) is 24.4 Å². The van der Waals surface area contributed by atoms with Gasteiger partial charge in [0.05, 0.1) is 11.3 Å². The average molecular weight is 297 g/mol. The molecule has 0 aliphatic carbocycles. The summed E-state index contributed by atoms with van der Waals surface area (Å²) in [5.41, 5.74) is 2.53. The highest BCUT2D eigenvalue weighted by molar-refractivity contribution is 8.00. The second-order valence-corrected chi connectivity index (χ2v) is 7.80. The first kappa shape index (κ1) is 13.4. The molecule has 2 bridgehead atoms. The molecule has 0 amide bonds. The minimum Gasteiger partial charge on any atom is -0.385 e. The van der Waals surface area contributed by atoms with Crippen molar-refractivity contribution in [3.8, 4) is 11.3 Å². The van der Waals surface area contributed by atoms with Crippen LogP contribution in [0.1, 0.15) is 31.2 Å². The number of pyridine rings is 1. The second kappa shape index (κ2) is 5.15. The summed E-state index contributed by atoms with van der Waals surface area (Å²) in [6.07, 6.45) is 6.15. The Morgan fingerprint density at radius 3 is 2.33 bits per heavy atom. The van der Waals surface area contributed by atoms with E-state index in [1.54, 1.807) is 0 Å². The Kier molecular flexibility index (Phi) is 3.27. The van der Waals surface area contributed by atoms with Gasteiger partial charge in [0.1, 0.15) is 0 Å². The van der Waals surface area contributed by atoms with E-state index in [9.17, 15) is 5.11 Å². The predicted octanol–water partition coefficient (Wildman–Crippen LogP) is 3.99. The lowest BCUT2D eigenvalue weighted by atomic mass is 9.85. The third-order valence-electron chi connectivity index (χ3n) is 4.71. The smallest absolute Gasteiger partial charge is 0.0917 e. The highest BCUT2D eigenvalue weighted by Gasteiger charge is 2.44. The molecule has 1 aromatic carbocycles. The highest BCUT2D eigenvalue weighted by Crippen LogP contribution is 2.51. The molecule has 2 nitrogen and oxygen atoms in total. The molecule has 21 heavy (non-hydrogen) atoms. The lowest BCUT2D eigenvalue weighted by molar-refractivity contribution is 0.0196. The molecule has 108 valence electrons. The van der Waals surface area contributed by atoms with Crippen LogP contribution in [0.5, 0.6) is 0 Å². The van der Waals surface area contributed by atoms with E-state index in [4.69, 9.17) is 0 Å². The van der Waals surface area contributed by atoms with Crippen molar-refractivity contribution in [3.63, 3.8) is 0 Å². The number of hydrogen-bond acceptors (Lipinski definition) is 3. The van der Waals surface area contributed by atoms with Gasteiger partial charge in [-0.1, -0.05) is 30.3 Å². The molecule has 1 aromatic heterocycles. The maximum absolute atomic E-state index is 11.1. The van der Waals surface area contributed by atoms with Crippen LogP contribution in [-0.4, -0.2) is 20.6 Å². The number of hydrogen-bond donors (Lipinski definition) is 1. The van der Waals surface area contributed by atoms with Crippen LogP contribution in [0.3, 0.4) is 0 Å². The van der Waals surface area contributed by atoms with E-state index in [0.29, 0.717) is 10.5 Å². The zero-order chi connectivity index (χ0) is 14.3. The number of aliphatic hydroxyl groups is 1. The fourth-order valence-electron chi connectivity index (χ4n) is 3.64. The van der Waals surface area contributed by atoms with Crippen LogP contribution in [-0.2, 0) is 5.60 Å². The van der Waals surface area contributed by atoms with Gasteiger partial charge < -0.3 is 5.11 Å². The van der Waals surface area contributed by atoms with Gasteiger partial charge in [-0.05, 0) is 43.4 Å². The first-order valence-corrected chi connectivity index (χ1v) is 8.57. The Morgan fingerprint density at radius 2 is 1.71 bits per heavy atom. The molecule has 1 N–H and O–H groups in total. The summed E-state index contributed by atoms with van der Waals surface area (Å²) in [6, 6.07) is 14.3. The molecule has 2 atom stereocenters. The van der Waals surface area contributed by atoms with Crippen LogP contribution in [0.15, 0.2) is 48.7 Å². The quantitative estimate of drug-likeness (QED) is 0.909. The van der Waals surface area contributed by atoms with Crippen LogP contribution in [0.4, 0.5) is 0 Å². The lowest BCUT2D eigenvalue weighted by Gasteiger charge is -2.36.